The minimum absolute atomic E-state index is 0.0691. The number of ether oxygens (including phenoxy) is 1. The van der Waals surface area contributed by atoms with E-state index in [9.17, 15) is 22.8 Å². The van der Waals surface area contributed by atoms with Gasteiger partial charge in [0.1, 0.15) is 0 Å². The van der Waals surface area contributed by atoms with Gasteiger partial charge in [0.2, 0.25) is 5.91 Å². The Morgan fingerprint density at radius 3 is 2.35 bits per heavy atom. The number of carbonyl (C=O) groups excluding carboxylic acids is 3. The van der Waals surface area contributed by atoms with Gasteiger partial charge in [0.25, 0.3) is 15.9 Å². The molecule has 8 nitrogen and oxygen atoms in total. The van der Waals surface area contributed by atoms with Crippen LogP contribution in [0.25, 0.3) is 0 Å². The van der Waals surface area contributed by atoms with Crippen molar-refractivity contribution < 1.29 is 27.5 Å². The summed E-state index contributed by atoms with van der Waals surface area (Å²) in [7, 11) is -3.81. The van der Waals surface area contributed by atoms with Gasteiger partial charge in [0.05, 0.1) is 10.5 Å². The van der Waals surface area contributed by atoms with Gasteiger partial charge in [0.15, 0.2) is 6.61 Å². The molecule has 0 aliphatic heterocycles. The zero-order valence-corrected chi connectivity index (χ0v) is 17.7. The molecule has 2 amide bonds. The molecule has 2 N–H and O–H groups in total. The summed E-state index contributed by atoms with van der Waals surface area (Å²) in [4.78, 5) is 36.4. The van der Waals surface area contributed by atoms with Gasteiger partial charge >= 0.3 is 5.97 Å². The second-order valence-electron chi connectivity index (χ2n) is 7.32. The van der Waals surface area contributed by atoms with E-state index < -0.39 is 28.5 Å². The lowest BCUT2D eigenvalue weighted by atomic mass is 9.89. The van der Waals surface area contributed by atoms with Crippen LogP contribution in [0.15, 0.2) is 59.5 Å². The standard InChI is InChI=1S/C22H24N2O6S/c25-20(23-21(26)16-8-3-1-4-9-16)15-30-22(27)17-10-7-11-18(14-17)24-31(28,29)19-12-5-2-6-13-19/h2,5-7,10-14,16,24H,1,3-4,8-9,15H2,(H,23,25,26). The minimum Gasteiger partial charge on any atom is -0.452 e. The van der Waals surface area contributed by atoms with Crippen LogP contribution in [-0.2, 0) is 24.3 Å². The molecular weight excluding hydrogens is 420 g/mol. The second-order valence-corrected chi connectivity index (χ2v) is 9.01. The van der Waals surface area contributed by atoms with Crippen LogP contribution < -0.4 is 10.0 Å². The van der Waals surface area contributed by atoms with Crippen molar-refractivity contribution in [3.63, 3.8) is 0 Å². The summed E-state index contributed by atoms with van der Waals surface area (Å²) in [5, 5.41) is 2.27. The maximum absolute atomic E-state index is 12.4. The molecule has 0 unspecified atom stereocenters. The van der Waals surface area contributed by atoms with Crippen molar-refractivity contribution in [2.75, 3.05) is 11.3 Å². The lowest BCUT2D eigenvalue weighted by Gasteiger charge is -2.20. The fraction of sp³-hybridized carbons (Fsp3) is 0.318. The molecule has 0 bridgehead atoms. The Morgan fingerprint density at radius 2 is 1.65 bits per heavy atom. The molecule has 0 saturated heterocycles. The zero-order valence-electron chi connectivity index (χ0n) is 16.9. The number of rotatable bonds is 7. The fourth-order valence-corrected chi connectivity index (χ4v) is 4.45. The van der Waals surface area contributed by atoms with Crippen molar-refractivity contribution in [1.82, 2.24) is 5.32 Å². The topological polar surface area (TPSA) is 119 Å². The number of imide groups is 1. The molecule has 0 aromatic heterocycles. The van der Waals surface area contributed by atoms with Crippen LogP contribution in [0.4, 0.5) is 5.69 Å². The van der Waals surface area contributed by atoms with Crippen LogP contribution in [0.3, 0.4) is 0 Å². The molecular formula is C22H24N2O6S. The minimum atomic E-state index is -3.81. The largest absolute Gasteiger partial charge is 0.452 e. The first-order valence-corrected chi connectivity index (χ1v) is 11.5. The van der Waals surface area contributed by atoms with Crippen LogP contribution in [0, 0.1) is 5.92 Å². The van der Waals surface area contributed by atoms with Gasteiger partial charge in [-0.15, -0.1) is 0 Å². The van der Waals surface area contributed by atoms with E-state index in [1.54, 1.807) is 18.2 Å². The number of carbonyl (C=O) groups is 3. The third-order valence-corrected chi connectivity index (χ3v) is 6.37. The van der Waals surface area contributed by atoms with Crippen LogP contribution in [0.2, 0.25) is 0 Å². The van der Waals surface area contributed by atoms with Gasteiger partial charge in [-0.2, -0.15) is 0 Å². The van der Waals surface area contributed by atoms with E-state index >= 15 is 0 Å². The molecule has 2 aromatic rings. The lowest BCUT2D eigenvalue weighted by molar-refractivity contribution is -0.135. The Morgan fingerprint density at radius 1 is 0.935 bits per heavy atom. The molecule has 0 spiro atoms. The van der Waals surface area contributed by atoms with Crippen molar-refractivity contribution in [3.05, 3.63) is 60.2 Å². The number of anilines is 1. The van der Waals surface area contributed by atoms with E-state index in [2.05, 4.69) is 10.0 Å². The number of esters is 1. The summed E-state index contributed by atoms with van der Waals surface area (Å²) in [5.74, 6) is -2.01. The number of nitrogens with one attached hydrogen (secondary N) is 2. The van der Waals surface area contributed by atoms with Crippen molar-refractivity contribution in [2.45, 2.75) is 37.0 Å². The second kappa shape index (κ2) is 10.2. The highest BCUT2D eigenvalue weighted by Crippen LogP contribution is 2.23. The number of hydrogen-bond donors (Lipinski definition) is 2. The van der Waals surface area contributed by atoms with E-state index in [0.29, 0.717) is 0 Å². The number of hydrogen-bond acceptors (Lipinski definition) is 6. The molecule has 0 heterocycles. The van der Waals surface area contributed by atoms with Gasteiger partial charge < -0.3 is 4.74 Å². The Balaban J connectivity index is 1.55. The quantitative estimate of drug-likeness (QED) is 0.634. The van der Waals surface area contributed by atoms with Gasteiger partial charge in [-0.05, 0) is 43.2 Å². The van der Waals surface area contributed by atoms with Gasteiger partial charge in [0, 0.05) is 11.6 Å². The summed E-state index contributed by atoms with van der Waals surface area (Å²) in [6.07, 6.45) is 4.53. The maximum atomic E-state index is 12.4. The predicted octanol–water partition coefficient (Wildman–Crippen LogP) is 2.87. The zero-order chi connectivity index (χ0) is 22.3. The number of benzene rings is 2. The highest BCUT2D eigenvalue weighted by molar-refractivity contribution is 7.92. The van der Waals surface area contributed by atoms with E-state index in [1.807, 2.05) is 0 Å². The summed E-state index contributed by atoms with van der Waals surface area (Å²) < 4.78 is 32.2. The third kappa shape index (κ3) is 6.39. The Bertz CT molecular complexity index is 1050. The van der Waals surface area contributed by atoms with E-state index in [-0.39, 0.29) is 28.0 Å². The summed E-state index contributed by atoms with van der Waals surface area (Å²) in [5.41, 5.74) is 0.245. The number of amides is 2. The van der Waals surface area contributed by atoms with Crippen LogP contribution in [-0.4, -0.2) is 32.8 Å². The Labute approximate surface area is 181 Å². The summed E-state index contributed by atoms with van der Waals surface area (Å²) in [6.45, 7) is -0.600. The van der Waals surface area contributed by atoms with Gasteiger partial charge in [-0.25, -0.2) is 13.2 Å². The molecule has 1 aliphatic carbocycles. The first-order valence-electron chi connectivity index (χ1n) is 10.0. The van der Waals surface area contributed by atoms with Gasteiger partial charge in [-0.1, -0.05) is 43.5 Å². The smallest absolute Gasteiger partial charge is 0.338 e. The van der Waals surface area contributed by atoms with E-state index in [0.717, 1.165) is 32.1 Å². The highest BCUT2D eigenvalue weighted by atomic mass is 32.2. The summed E-state index contributed by atoms with van der Waals surface area (Å²) in [6, 6.07) is 13.6. The van der Waals surface area contributed by atoms with Gasteiger partial charge in [-0.3, -0.25) is 19.6 Å². The van der Waals surface area contributed by atoms with Crippen molar-refractivity contribution in [2.24, 2.45) is 5.92 Å². The highest BCUT2D eigenvalue weighted by Gasteiger charge is 2.23. The van der Waals surface area contributed by atoms with E-state index in [1.165, 1.54) is 36.4 Å². The Hall–Kier alpha value is -3.20. The van der Waals surface area contributed by atoms with Crippen LogP contribution in [0.5, 0.6) is 0 Å². The van der Waals surface area contributed by atoms with Crippen molar-refractivity contribution in [1.29, 1.82) is 0 Å². The monoisotopic (exact) mass is 444 g/mol. The van der Waals surface area contributed by atoms with Crippen molar-refractivity contribution >= 4 is 33.5 Å². The molecule has 0 radical (unpaired) electrons. The molecule has 9 heteroatoms. The van der Waals surface area contributed by atoms with Crippen molar-refractivity contribution in [3.8, 4) is 0 Å². The molecule has 1 saturated carbocycles. The molecule has 164 valence electrons. The average Bonchev–Trinajstić information content (AvgIpc) is 2.78. The maximum Gasteiger partial charge on any atom is 0.338 e. The summed E-state index contributed by atoms with van der Waals surface area (Å²) >= 11 is 0. The van der Waals surface area contributed by atoms with Crippen LogP contribution >= 0.6 is 0 Å². The SMILES string of the molecule is O=C(COC(=O)c1cccc(NS(=O)(=O)c2ccccc2)c1)NC(=O)C1CCCCC1. The normalized spacial score (nSPS) is 14.5. The van der Waals surface area contributed by atoms with E-state index in [4.69, 9.17) is 4.74 Å². The molecule has 3 rings (SSSR count). The fourth-order valence-electron chi connectivity index (χ4n) is 3.38. The number of sulfonamides is 1. The van der Waals surface area contributed by atoms with Crippen LogP contribution in [0.1, 0.15) is 42.5 Å². The first-order chi connectivity index (χ1) is 14.8. The predicted molar refractivity (Wildman–Crippen MR) is 114 cm³/mol. The molecule has 2 aromatic carbocycles. The molecule has 1 fully saturated rings. The molecule has 1 aliphatic rings. The molecule has 31 heavy (non-hydrogen) atoms. The molecule has 0 atom stereocenters. The average molecular weight is 445 g/mol. The Kier molecular flexibility index (Phi) is 7.41. The first kappa shape index (κ1) is 22.5. The lowest BCUT2D eigenvalue weighted by Crippen LogP contribution is -2.38. The third-order valence-electron chi connectivity index (χ3n) is 4.98.